The van der Waals surface area contributed by atoms with Crippen molar-refractivity contribution in [1.82, 2.24) is 9.80 Å². The number of allylic oxidation sites excluding steroid dienone is 3. The Morgan fingerprint density at radius 3 is 2.26 bits per heavy atom. The second kappa shape index (κ2) is 17.0. The molecule has 0 aromatic carbocycles. The number of amides is 3. The molecule has 7 N–H and O–H groups in total. The Balaban J connectivity index is 1.59. The molecule has 0 saturated carbocycles. The van der Waals surface area contributed by atoms with Gasteiger partial charge in [-0.2, -0.15) is 0 Å². The quantitative estimate of drug-likeness (QED) is 0.114. The number of unbranched alkanes of at least 4 members (excludes halogenated alkanes) is 7. The zero-order chi connectivity index (χ0) is 28.1. The Hall–Kier alpha value is -1.86. The van der Waals surface area contributed by atoms with Gasteiger partial charge in [0, 0.05) is 13.1 Å². The fourth-order valence-electron chi connectivity index (χ4n) is 4.68. The molecule has 2 fully saturated rings. The van der Waals surface area contributed by atoms with E-state index in [1.54, 1.807) is 13.0 Å². The van der Waals surface area contributed by atoms with Crippen molar-refractivity contribution >= 4 is 11.9 Å². The molecule has 2 saturated heterocycles. The molecule has 3 unspecified atom stereocenters. The molecule has 11 nitrogen and oxygen atoms in total. The number of nitrogens with zero attached hydrogens (tertiary/aromatic N) is 2. The molecule has 7 atom stereocenters. The molecule has 2 aliphatic heterocycles. The summed E-state index contributed by atoms with van der Waals surface area (Å²) in [6, 6.07) is -1.18. The number of hydrogen-bond acceptors (Lipinski definition) is 9. The minimum Gasteiger partial charge on any atom is -0.395 e. The third kappa shape index (κ3) is 9.41. The lowest BCUT2D eigenvalue weighted by atomic mass is 10.0. The Morgan fingerprint density at radius 2 is 1.61 bits per heavy atom. The number of hydrogen-bond donors (Lipinski definition) is 6. The first kappa shape index (κ1) is 32.4. The van der Waals surface area contributed by atoms with Crippen LogP contribution in [0.1, 0.15) is 64.7 Å². The predicted octanol–water partition coefficient (Wildman–Crippen LogP) is 0.630. The Morgan fingerprint density at radius 1 is 0.974 bits per heavy atom. The van der Waals surface area contributed by atoms with Gasteiger partial charge in [-0.05, 0) is 32.1 Å². The van der Waals surface area contributed by atoms with Crippen molar-refractivity contribution in [2.24, 2.45) is 11.7 Å². The van der Waals surface area contributed by atoms with Crippen molar-refractivity contribution in [2.75, 3.05) is 26.3 Å². The van der Waals surface area contributed by atoms with Gasteiger partial charge in [0.05, 0.1) is 31.3 Å². The van der Waals surface area contributed by atoms with Gasteiger partial charge in [0.2, 0.25) is 5.91 Å². The maximum absolute atomic E-state index is 13.0. The third-order valence-corrected chi connectivity index (χ3v) is 7.11. The summed E-state index contributed by atoms with van der Waals surface area (Å²) in [5.74, 6) is -0.695. The summed E-state index contributed by atoms with van der Waals surface area (Å²) in [6.45, 7) is 1.39. The van der Waals surface area contributed by atoms with E-state index in [2.05, 4.69) is 12.2 Å². The van der Waals surface area contributed by atoms with Crippen LogP contribution >= 0.6 is 0 Å². The van der Waals surface area contributed by atoms with Crippen molar-refractivity contribution in [2.45, 2.75) is 101 Å². The summed E-state index contributed by atoms with van der Waals surface area (Å²) in [6.07, 6.45) is 10.8. The highest BCUT2D eigenvalue weighted by Gasteiger charge is 2.50. The molecule has 0 aliphatic carbocycles. The molecule has 2 heterocycles. The first-order valence-electron chi connectivity index (χ1n) is 13.8. The summed E-state index contributed by atoms with van der Waals surface area (Å²) < 4.78 is 5.51. The summed E-state index contributed by atoms with van der Waals surface area (Å²) >= 11 is 0. The van der Waals surface area contributed by atoms with Gasteiger partial charge < -0.3 is 36.0 Å². The number of carbonyl (C=O) groups excluding carboxylic acids is 2. The molecule has 218 valence electrons. The van der Waals surface area contributed by atoms with Crippen molar-refractivity contribution in [3.05, 3.63) is 24.3 Å². The first-order chi connectivity index (χ1) is 18.2. The molecule has 0 aromatic rings. The Labute approximate surface area is 225 Å². The van der Waals surface area contributed by atoms with Crippen LogP contribution in [-0.2, 0) is 9.53 Å². The number of urea groups is 1. The molecule has 2 aliphatic rings. The highest BCUT2D eigenvalue weighted by atomic mass is 16.6. The Bertz CT molecular complexity index is 779. The molecule has 38 heavy (non-hydrogen) atoms. The van der Waals surface area contributed by atoms with E-state index in [1.807, 2.05) is 6.08 Å². The number of nitrogens with two attached hydrogens (primary N) is 1. The van der Waals surface area contributed by atoms with Gasteiger partial charge in [0.25, 0.3) is 0 Å². The van der Waals surface area contributed by atoms with E-state index < -0.39 is 55.2 Å². The van der Waals surface area contributed by atoms with Crippen LogP contribution in [-0.4, -0.2) is 110 Å². The third-order valence-electron chi connectivity index (χ3n) is 7.11. The fraction of sp³-hybridized carbons (Fsp3) is 0.778. The van der Waals surface area contributed by atoms with E-state index in [0.29, 0.717) is 13.0 Å². The van der Waals surface area contributed by atoms with Crippen LogP contribution in [0.15, 0.2) is 24.3 Å². The lowest BCUT2D eigenvalue weighted by molar-refractivity contribution is -0.142. The van der Waals surface area contributed by atoms with E-state index >= 15 is 0 Å². The van der Waals surface area contributed by atoms with Crippen LogP contribution < -0.4 is 5.73 Å². The zero-order valence-corrected chi connectivity index (χ0v) is 22.5. The molecular formula is C27H47N3O8. The zero-order valence-electron chi connectivity index (χ0n) is 22.5. The summed E-state index contributed by atoms with van der Waals surface area (Å²) in [5, 5.41) is 48.2. The largest absolute Gasteiger partial charge is 0.395 e. The lowest BCUT2D eigenvalue weighted by Crippen LogP contribution is -2.61. The number of rotatable bonds is 17. The van der Waals surface area contributed by atoms with Crippen LogP contribution in [0.25, 0.3) is 0 Å². The van der Waals surface area contributed by atoms with Crippen molar-refractivity contribution < 1.29 is 39.9 Å². The topological polar surface area (TPSA) is 177 Å². The molecule has 0 aromatic heterocycles. The van der Waals surface area contributed by atoms with Gasteiger partial charge in [-0.3, -0.25) is 14.6 Å². The predicted molar refractivity (Wildman–Crippen MR) is 142 cm³/mol. The lowest BCUT2D eigenvalue weighted by Gasteiger charge is -2.40. The number of imide groups is 1. The van der Waals surface area contributed by atoms with E-state index in [-0.39, 0.29) is 19.1 Å². The molecule has 0 bridgehead atoms. The molecule has 2 rings (SSSR count). The molecule has 11 heteroatoms. The molecule has 0 spiro atoms. The molecule has 0 radical (unpaired) electrons. The van der Waals surface area contributed by atoms with E-state index in [1.165, 1.54) is 9.80 Å². The first-order valence-corrected chi connectivity index (χ1v) is 13.8. The standard InChI is InChI=1S/C27H47N3O8/c1-19-16-30(26-24(35)23(34)22(18-32)38-26)27(37)29(25(19)36)15-13-11-9-7-5-3-2-4-6-8-10-12-14-21(33)20(28)17-31/h4,6,12,14,19-24,26,31-35H,2-3,5,7-11,13,15-18,28H2,1H3/b6-4+,14-12+/t19?,20?,21?,22-,23-,24-,26-/m1/s1. The number of carbonyl (C=O) groups is 2. The van der Waals surface area contributed by atoms with Crippen LogP contribution in [0.4, 0.5) is 4.79 Å². The van der Waals surface area contributed by atoms with Crippen LogP contribution in [0.5, 0.6) is 0 Å². The van der Waals surface area contributed by atoms with Crippen LogP contribution in [0.3, 0.4) is 0 Å². The number of aliphatic hydroxyl groups is 5. The van der Waals surface area contributed by atoms with Crippen molar-refractivity contribution in [3.63, 3.8) is 0 Å². The maximum Gasteiger partial charge on any atom is 0.328 e. The van der Waals surface area contributed by atoms with Gasteiger partial charge in [-0.15, -0.1) is 0 Å². The van der Waals surface area contributed by atoms with Gasteiger partial charge >= 0.3 is 6.03 Å². The summed E-state index contributed by atoms with van der Waals surface area (Å²) in [7, 11) is 0. The molecule has 3 amide bonds. The Kier molecular flexibility index (Phi) is 14.4. The number of aliphatic hydroxyl groups excluding tert-OH is 5. The van der Waals surface area contributed by atoms with Gasteiger partial charge in [-0.25, -0.2) is 4.79 Å². The number of ether oxygens (including phenoxy) is 1. The van der Waals surface area contributed by atoms with E-state index in [4.69, 9.17) is 15.6 Å². The molecular weight excluding hydrogens is 494 g/mol. The van der Waals surface area contributed by atoms with Gasteiger partial charge in [0.1, 0.15) is 18.3 Å². The average Bonchev–Trinajstić information content (AvgIpc) is 3.20. The van der Waals surface area contributed by atoms with Crippen molar-refractivity contribution in [1.29, 1.82) is 0 Å². The SMILES string of the molecule is CC1CN([C@@H]2O[C@H](CO)[C@@H](O)[C@H]2O)C(=O)N(CCCCCCCC/C=C/CC/C=C/C(O)C(N)CO)C1=O. The second-order valence-corrected chi connectivity index (χ2v) is 10.3. The van der Waals surface area contributed by atoms with Crippen LogP contribution in [0, 0.1) is 5.92 Å². The van der Waals surface area contributed by atoms with Gasteiger partial charge in [0.15, 0.2) is 6.23 Å². The average molecular weight is 542 g/mol. The van der Waals surface area contributed by atoms with E-state index in [9.17, 15) is 30.0 Å². The second-order valence-electron chi connectivity index (χ2n) is 10.3. The van der Waals surface area contributed by atoms with Gasteiger partial charge in [-0.1, -0.05) is 56.9 Å². The monoisotopic (exact) mass is 541 g/mol. The fourth-order valence-corrected chi connectivity index (χ4v) is 4.68. The normalized spacial score (nSPS) is 28.2. The summed E-state index contributed by atoms with van der Waals surface area (Å²) in [5.41, 5.74) is 5.53. The maximum atomic E-state index is 13.0. The highest BCUT2D eigenvalue weighted by molar-refractivity contribution is 5.98. The highest BCUT2D eigenvalue weighted by Crippen LogP contribution is 2.28. The smallest absolute Gasteiger partial charge is 0.328 e. The van der Waals surface area contributed by atoms with Crippen molar-refractivity contribution in [3.8, 4) is 0 Å². The minimum absolute atomic E-state index is 0.0916. The summed E-state index contributed by atoms with van der Waals surface area (Å²) in [4.78, 5) is 28.1. The van der Waals surface area contributed by atoms with E-state index in [0.717, 1.165) is 51.4 Å². The van der Waals surface area contributed by atoms with Crippen LogP contribution in [0.2, 0.25) is 0 Å². The minimum atomic E-state index is -1.35.